The highest BCUT2D eigenvalue weighted by Crippen LogP contribution is 2.15. The zero-order valence-corrected chi connectivity index (χ0v) is 10.6. The summed E-state index contributed by atoms with van der Waals surface area (Å²) in [6.45, 7) is 2.57. The molecule has 6 heteroatoms. The van der Waals surface area contributed by atoms with Crippen LogP contribution in [0.15, 0.2) is 27.4 Å². The Hall–Kier alpha value is -2.24. The summed E-state index contributed by atoms with van der Waals surface area (Å²) in [7, 11) is 0. The molecule has 0 radical (unpaired) electrons. The smallest absolute Gasteiger partial charge is 0.450 e. The molecule has 0 aliphatic heterocycles. The molecule has 0 bridgehead atoms. The number of hydrogen-bond donors (Lipinski definition) is 1. The summed E-state index contributed by atoms with van der Waals surface area (Å²) in [4.78, 5) is 21.9. The minimum absolute atomic E-state index is 0.138. The summed E-state index contributed by atoms with van der Waals surface area (Å²) < 4.78 is 11.1. The van der Waals surface area contributed by atoms with Crippen molar-refractivity contribution in [3.8, 4) is 0 Å². The van der Waals surface area contributed by atoms with Crippen molar-refractivity contribution in [2.45, 2.75) is 26.3 Å². The highest BCUT2D eigenvalue weighted by Gasteiger charge is 2.08. The molecule has 0 saturated heterocycles. The monoisotopic (exact) mass is 265 g/mol. The quantitative estimate of drug-likeness (QED) is 0.663. The average molecular weight is 265 g/mol. The molecule has 1 aromatic carbocycles. The van der Waals surface area contributed by atoms with Crippen molar-refractivity contribution >= 4 is 17.3 Å². The third-order valence-corrected chi connectivity index (χ3v) is 2.82. The summed E-state index contributed by atoms with van der Waals surface area (Å²) in [5, 5.41) is 8.32. The van der Waals surface area contributed by atoms with Crippen molar-refractivity contribution in [2.75, 3.05) is 6.61 Å². The van der Waals surface area contributed by atoms with E-state index in [1.165, 1.54) is 0 Å². The number of aryl methyl sites for hydroxylation is 2. The van der Waals surface area contributed by atoms with Crippen molar-refractivity contribution in [1.82, 2.24) is 4.57 Å². The number of fused-ring (bicyclic) bond motifs is 1. The van der Waals surface area contributed by atoms with Gasteiger partial charge in [0.25, 0.3) is 0 Å². The Labute approximate surface area is 109 Å². The Kier molecular flexibility index (Phi) is 3.89. The molecule has 0 amide bonds. The molecule has 1 aromatic heterocycles. The van der Waals surface area contributed by atoms with Gasteiger partial charge in [0.1, 0.15) is 0 Å². The summed E-state index contributed by atoms with van der Waals surface area (Å²) in [5.74, 6) is -0.389. The number of hydrogen-bond acceptors (Lipinski definition) is 4. The van der Waals surface area contributed by atoms with Crippen LogP contribution in [0.25, 0.3) is 11.1 Å². The second kappa shape index (κ2) is 5.60. The van der Waals surface area contributed by atoms with Crippen LogP contribution in [-0.2, 0) is 11.3 Å². The van der Waals surface area contributed by atoms with Crippen LogP contribution < -0.4 is 5.76 Å². The maximum Gasteiger partial charge on any atom is 0.505 e. The Bertz CT molecular complexity index is 640. The Morgan fingerprint density at radius 2 is 2.21 bits per heavy atom. The van der Waals surface area contributed by atoms with E-state index in [1.807, 2.05) is 19.1 Å². The largest absolute Gasteiger partial charge is 0.505 e. The lowest BCUT2D eigenvalue weighted by Gasteiger charge is -2.03. The molecule has 0 atom stereocenters. The Morgan fingerprint density at radius 1 is 1.42 bits per heavy atom. The van der Waals surface area contributed by atoms with E-state index in [0.29, 0.717) is 25.0 Å². The summed E-state index contributed by atoms with van der Waals surface area (Å²) >= 11 is 0. The van der Waals surface area contributed by atoms with E-state index in [2.05, 4.69) is 4.74 Å². The third kappa shape index (κ3) is 3.15. The van der Waals surface area contributed by atoms with E-state index in [9.17, 15) is 9.59 Å². The number of ether oxygens (including phenoxy) is 1. The van der Waals surface area contributed by atoms with Crippen LogP contribution >= 0.6 is 0 Å². The number of aromatic nitrogens is 1. The van der Waals surface area contributed by atoms with Crippen LogP contribution in [0, 0.1) is 6.92 Å². The van der Waals surface area contributed by atoms with E-state index >= 15 is 0 Å². The standard InChI is InChI=1S/C13H15NO5/c1-9-4-5-11-10(8-9)14(12(15)19-11)6-2-3-7-18-13(16)17/h4-5,8H,2-3,6-7H2,1H3,(H,16,17). The summed E-state index contributed by atoms with van der Waals surface area (Å²) in [5.41, 5.74) is 2.39. The molecule has 102 valence electrons. The van der Waals surface area contributed by atoms with Gasteiger partial charge in [-0.2, -0.15) is 0 Å². The molecule has 19 heavy (non-hydrogen) atoms. The number of carbonyl (C=O) groups is 1. The maximum atomic E-state index is 11.7. The van der Waals surface area contributed by atoms with Crippen molar-refractivity contribution in [1.29, 1.82) is 0 Å². The van der Waals surface area contributed by atoms with Crippen molar-refractivity contribution in [3.63, 3.8) is 0 Å². The van der Waals surface area contributed by atoms with Crippen LogP contribution in [0.4, 0.5) is 4.79 Å². The molecule has 0 unspecified atom stereocenters. The fourth-order valence-electron chi connectivity index (χ4n) is 1.92. The zero-order chi connectivity index (χ0) is 13.8. The lowest BCUT2D eigenvalue weighted by atomic mass is 10.2. The highest BCUT2D eigenvalue weighted by atomic mass is 16.7. The van der Waals surface area contributed by atoms with E-state index in [0.717, 1.165) is 11.1 Å². The van der Waals surface area contributed by atoms with Crippen molar-refractivity contribution in [3.05, 3.63) is 34.3 Å². The van der Waals surface area contributed by atoms with Crippen LogP contribution in [-0.4, -0.2) is 22.4 Å². The molecular weight excluding hydrogens is 250 g/mol. The average Bonchev–Trinajstić information content (AvgIpc) is 2.65. The van der Waals surface area contributed by atoms with Crippen LogP contribution in [0.3, 0.4) is 0 Å². The molecule has 0 aliphatic rings. The number of oxazole rings is 1. The Morgan fingerprint density at radius 3 is 2.95 bits per heavy atom. The molecule has 1 N–H and O–H groups in total. The number of benzene rings is 1. The molecule has 2 rings (SSSR count). The number of nitrogens with zero attached hydrogens (tertiary/aromatic N) is 1. The second-order valence-corrected chi connectivity index (χ2v) is 4.31. The molecule has 0 saturated carbocycles. The van der Waals surface area contributed by atoms with E-state index in [-0.39, 0.29) is 12.4 Å². The highest BCUT2D eigenvalue weighted by molar-refractivity contribution is 5.73. The van der Waals surface area contributed by atoms with Gasteiger partial charge in [-0.05, 0) is 37.5 Å². The zero-order valence-electron chi connectivity index (χ0n) is 10.6. The number of carboxylic acid groups (broad SMARTS) is 1. The lowest BCUT2D eigenvalue weighted by Crippen LogP contribution is -2.14. The minimum atomic E-state index is -1.28. The molecule has 0 fully saturated rings. The first-order valence-corrected chi connectivity index (χ1v) is 6.03. The van der Waals surface area contributed by atoms with Crippen LogP contribution in [0.5, 0.6) is 0 Å². The molecule has 2 aromatic rings. The SMILES string of the molecule is Cc1ccc2oc(=O)n(CCCCOC(=O)O)c2c1. The third-order valence-electron chi connectivity index (χ3n) is 2.82. The van der Waals surface area contributed by atoms with E-state index in [1.54, 1.807) is 10.6 Å². The molecule has 0 aliphatic carbocycles. The van der Waals surface area contributed by atoms with Gasteiger partial charge in [0, 0.05) is 6.54 Å². The Balaban J connectivity index is 2.04. The molecule has 6 nitrogen and oxygen atoms in total. The lowest BCUT2D eigenvalue weighted by molar-refractivity contribution is 0.0898. The predicted molar refractivity (Wildman–Crippen MR) is 68.4 cm³/mol. The molecule has 1 heterocycles. The van der Waals surface area contributed by atoms with E-state index < -0.39 is 6.16 Å². The van der Waals surface area contributed by atoms with Gasteiger partial charge in [-0.3, -0.25) is 4.57 Å². The van der Waals surface area contributed by atoms with E-state index in [4.69, 9.17) is 9.52 Å². The second-order valence-electron chi connectivity index (χ2n) is 4.31. The first kappa shape index (κ1) is 13.2. The molecule has 0 spiro atoms. The number of unbranched alkanes of at least 4 members (excludes halogenated alkanes) is 1. The van der Waals surface area contributed by atoms with Gasteiger partial charge in [-0.15, -0.1) is 0 Å². The van der Waals surface area contributed by atoms with Gasteiger partial charge in [-0.25, -0.2) is 9.59 Å². The van der Waals surface area contributed by atoms with Gasteiger partial charge in [0.15, 0.2) is 5.58 Å². The molecular formula is C13H15NO5. The fraction of sp³-hybridized carbons (Fsp3) is 0.385. The van der Waals surface area contributed by atoms with Gasteiger partial charge < -0.3 is 14.3 Å². The van der Waals surface area contributed by atoms with Crippen LogP contribution in [0.1, 0.15) is 18.4 Å². The minimum Gasteiger partial charge on any atom is -0.450 e. The summed E-state index contributed by atoms with van der Waals surface area (Å²) in [6.07, 6.45) is -0.0611. The van der Waals surface area contributed by atoms with Crippen LogP contribution in [0.2, 0.25) is 0 Å². The van der Waals surface area contributed by atoms with Crippen molar-refractivity contribution < 1.29 is 19.1 Å². The topological polar surface area (TPSA) is 81.7 Å². The summed E-state index contributed by atoms with van der Waals surface area (Å²) in [6, 6.07) is 5.56. The van der Waals surface area contributed by atoms with Crippen molar-refractivity contribution in [2.24, 2.45) is 0 Å². The fourth-order valence-corrected chi connectivity index (χ4v) is 1.92. The first-order valence-electron chi connectivity index (χ1n) is 6.03. The van der Waals surface area contributed by atoms with Gasteiger partial charge in [-0.1, -0.05) is 6.07 Å². The van der Waals surface area contributed by atoms with Gasteiger partial charge in [0.05, 0.1) is 12.1 Å². The maximum absolute atomic E-state index is 11.7. The predicted octanol–water partition coefficient (Wildman–Crippen LogP) is 2.38. The van der Waals surface area contributed by atoms with Gasteiger partial charge >= 0.3 is 11.9 Å². The number of rotatable bonds is 5. The van der Waals surface area contributed by atoms with Gasteiger partial charge in [0.2, 0.25) is 0 Å². The normalized spacial score (nSPS) is 10.8. The first-order chi connectivity index (χ1) is 9.08.